The van der Waals surface area contributed by atoms with Gasteiger partial charge < -0.3 is 9.88 Å². The maximum Gasteiger partial charge on any atom is 0.324 e. The molecule has 0 unspecified atom stereocenters. The fraction of sp³-hybridized carbons (Fsp3) is 0.556. The molecule has 0 spiro atoms. The van der Waals surface area contributed by atoms with Gasteiger partial charge in [-0.05, 0) is 6.92 Å². The van der Waals surface area contributed by atoms with E-state index in [0.29, 0.717) is 6.54 Å². The Morgan fingerprint density at radius 2 is 2.18 bits per heavy atom. The molecule has 1 N–H and O–H groups in total. The summed E-state index contributed by atoms with van der Waals surface area (Å²) in [6.07, 6.45) is -1.18. The minimum atomic E-state index is -4.19. The number of nitrogens with zero attached hydrogens (tertiary/aromatic N) is 2. The quantitative estimate of drug-likeness (QED) is 0.810. The minimum Gasteiger partial charge on any atom is -0.359 e. The molecule has 1 heterocycles. The number of halogens is 4. The topological polar surface area (TPSA) is 46.9 Å². The van der Waals surface area contributed by atoms with Gasteiger partial charge in [0.25, 0.3) is 5.56 Å². The van der Waals surface area contributed by atoms with Gasteiger partial charge in [0.05, 0.1) is 6.54 Å². The predicted molar refractivity (Wildman–Crippen MR) is 53.6 cm³/mol. The van der Waals surface area contributed by atoms with Crippen LogP contribution in [0, 0.1) is 0 Å². The number of rotatable bonds is 5. The van der Waals surface area contributed by atoms with Crippen LogP contribution in [-0.4, -0.2) is 28.4 Å². The normalized spacial score (nSPS) is 11.9. The molecule has 1 rings (SSSR count). The number of aryl methyl sites for hydroxylation is 1. The molecule has 0 radical (unpaired) electrons. The first-order chi connectivity index (χ1) is 7.88. The number of anilines is 1. The van der Waals surface area contributed by atoms with E-state index in [2.05, 4.69) is 4.98 Å². The molecule has 4 nitrogen and oxygen atoms in total. The van der Waals surface area contributed by atoms with Crippen molar-refractivity contribution in [3.63, 3.8) is 0 Å². The summed E-state index contributed by atoms with van der Waals surface area (Å²) in [7, 11) is 0. The summed E-state index contributed by atoms with van der Waals surface area (Å²) in [5.41, 5.74) is -0.625. The Balaban J connectivity index is 2.80. The fourth-order valence-corrected chi connectivity index (χ4v) is 1.10. The zero-order valence-electron chi connectivity index (χ0n) is 8.96. The van der Waals surface area contributed by atoms with Crippen LogP contribution in [0.3, 0.4) is 0 Å². The third kappa shape index (κ3) is 3.18. The van der Waals surface area contributed by atoms with Gasteiger partial charge in [-0.25, -0.2) is 13.8 Å². The first kappa shape index (κ1) is 13.5. The Morgan fingerprint density at radius 1 is 1.53 bits per heavy atom. The molecule has 17 heavy (non-hydrogen) atoms. The first-order valence-corrected chi connectivity index (χ1v) is 4.83. The second-order valence-corrected chi connectivity index (χ2v) is 3.28. The van der Waals surface area contributed by atoms with Crippen LogP contribution in [0.5, 0.6) is 0 Å². The van der Waals surface area contributed by atoms with E-state index in [1.807, 2.05) is 5.32 Å². The zero-order valence-corrected chi connectivity index (χ0v) is 8.96. The first-order valence-electron chi connectivity index (χ1n) is 4.83. The largest absolute Gasteiger partial charge is 0.359 e. The van der Waals surface area contributed by atoms with Gasteiger partial charge in [0.15, 0.2) is 5.82 Å². The van der Waals surface area contributed by atoms with Gasteiger partial charge in [-0.2, -0.15) is 8.78 Å². The highest BCUT2D eigenvalue weighted by Gasteiger charge is 2.40. The highest BCUT2D eigenvalue weighted by atomic mass is 19.3. The van der Waals surface area contributed by atoms with Crippen LogP contribution in [0.4, 0.5) is 23.4 Å². The van der Waals surface area contributed by atoms with Gasteiger partial charge in [0, 0.05) is 18.9 Å². The average Bonchev–Trinajstić information content (AvgIpc) is 2.27. The van der Waals surface area contributed by atoms with Gasteiger partial charge in [0.2, 0.25) is 0 Å². The Bertz CT molecular complexity index is 432. The molecule has 0 aliphatic heterocycles. The van der Waals surface area contributed by atoms with Crippen LogP contribution in [0.2, 0.25) is 0 Å². The van der Waals surface area contributed by atoms with Crippen molar-refractivity contribution in [2.75, 3.05) is 11.9 Å². The molecule has 1 aromatic rings. The van der Waals surface area contributed by atoms with E-state index >= 15 is 0 Å². The molecule has 0 bridgehead atoms. The van der Waals surface area contributed by atoms with E-state index in [-0.39, 0.29) is 5.82 Å². The summed E-state index contributed by atoms with van der Waals surface area (Å²) in [5, 5.41) is 1.93. The number of aromatic nitrogens is 2. The van der Waals surface area contributed by atoms with Crippen LogP contribution < -0.4 is 10.9 Å². The van der Waals surface area contributed by atoms with Crippen LogP contribution in [-0.2, 0) is 6.54 Å². The average molecular weight is 253 g/mol. The monoisotopic (exact) mass is 253 g/mol. The van der Waals surface area contributed by atoms with Crippen molar-refractivity contribution in [3.05, 3.63) is 22.7 Å². The second-order valence-electron chi connectivity index (χ2n) is 3.28. The Hall–Kier alpha value is -1.60. The number of nitrogens with one attached hydrogen (secondary N) is 1. The van der Waals surface area contributed by atoms with Crippen LogP contribution in [0.25, 0.3) is 0 Å². The maximum absolute atomic E-state index is 12.6. The molecule has 8 heteroatoms. The fourth-order valence-electron chi connectivity index (χ4n) is 1.10. The molecule has 0 saturated carbocycles. The lowest BCUT2D eigenvalue weighted by molar-refractivity contribution is -0.117. The van der Waals surface area contributed by atoms with Crippen molar-refractivity contribution in [2.24, 2.45) is 0 Å². The third-order valence-electron chi connectivity index (χ3n) is 2.07. The highest BCUT2D eigenvalue weighted by molar-refractivity contribution is 5.31. The van der Waals surface area contributed by atoms with E-state index in [1.165, 1.54) is 17.0 Å². The van der Waals surface area contributed by atoms with Crippen molar-refractivity contribution in [1.82, 2.24) is 9.55 Å². The number of alkyl halides is 4. The molecule has 1 aromatic heterocycles. The molecule has 0 saturated heterocycles. The van der Waals surface area contributed by atoms with Gasteiger partial charge in [-0.15, -0.1) is 0 Å². The molecule has 0 amide bonds. The van der Waals surface area contributed by atoms with Crippen molar-refractivity contribution in [3.8, 4) is 0 Å². The van der Waals surface area contributed by atoms with Crippen molar-refractivity contribution < 1.29 is 17.6 Å². The minimum absolute atomic E-state index is 0.335. The lowest BCUT2D eigenvalue weighted by Gasteiger charge is -2.16. The van der Waals surface area contributed by atoms with Gasteiger partial charge in [-0.1, -0.05) is 0 Å². The number of hydrogen-bond donors (Lipinski definition) is 1. The van der Waals surface area contributed by atoms with E-state index in [9.17, 15) is 22.4 Å². The van der Waals surface area contributed by atoms with Crippen molar-refractivity contribution in [1.29, 1.82) is 0 Å². The Labute approximate surface area is 94.3 Å². The lowest BCUT2D eigenvalue weighted by atomic mass is 10.3. The lowest BCUT2D eigenvalue weighted by Crippen LogP contribution is -2.36. The van der Waals surface area contributed by atoms with Crippen LogP contribution in [0.15, 0.2) is 17.2 Å². The van der Waals surface area contributed by atoms with E-state index in [4.69, 9.17) is 0 Å². The predicted octanol–water partition coefficient (Wildman–Crippen LogP) is 1.58. The van der Waals surface area contributed by atoms with Crippen molar-refractivity contribution >= 4 is 5.82 Å². The van der Waals surface area contributed by atoms with E-state index in [1.54, 1.807) is 6.92 Å². The summed E-state index contributed by atoms with van der Waals surface area (Å²) in [6, 6.07) is 0. The molecule has 0 fully saturated rings. The van der Waals surface area contributed by atoms with E-state index < -0.39 is 24.5 Å². The number of hydrogen-bond acceptors (Lipinski definition) is 3. The van der Waals surface area contributed by atoms with Crippen molar-refractivity contribution in [2.45, 2.75) is 25.8 Å². The molecule has 0 aliphatic carbocycles. The molecule has 0 atom stereocenters. The van der Waals surface area contributed by atoms with E-state index in [0.717, 1.165) is 0 Å². The van der Waals surface area contributed by atoms with Gasteiger partial charge in [0.1, 0.15) is 0 Å². The molecular formula is C9H11F4N3O. The standard InChI is InChI=1S/C9H11F4N3O/c1-2-16-4-3-14-6(7(16)17)15-5-9(12,13)8(10)11/h3-4,8H,2,5H2,1H3,(H,14,15). The summed E-state index contributed by atoms with van der Waals surface area (Å²) >= 11 is 0. The Morgan fingerprint density at radius 3 is 2.71 bits per heavy atom. The molecular weight excluding hydrogens is 242 g/mol. The smallest absolute Gasteiger partial charge is 0.324 e. The zero-order chi connectivity index (χ0) is 13.1. The Kier molecular flexibility index (Phi) is 4.08. The highest BCUT2D eigenvalue weighted by Crippen LogP contribution is 2.22. The summed E-state index contributed by atoms with van der Waals surface area (Å²) in [5.74, 6) is -4.56. The summed E-state index contributed by atoms with van der Waals surface area (Å²) < 4.78 is 50.1. The second kappa shape index (κ2) is 5.15. The molecule has 0 aliphatic rings. The van der Waals surface area contributed by atoms with Gasteiger partial charge >= 0.3 is 12.3 Å². The summed E-state index contributed by atoms with van der Waals surface area (Å²) in [4.78, 5) is 15.0. The summed E-state index contributed by atoms with van der Waals surface area (Å²) in [6.45, 7) is 0.681. The third-order valence-corrected chi connectivity index (χ3v) is 2.07. The maximum atomic E-state index is 12.6. The molecule has 0 aromatic carbocycles. The van der Waals surface area contributed by atoms with Gasteiger partial charge in [-0.3, -0.25) is 4.79 Å². The molecule has 96 valence electrons. The van der Waals surface area contributed by atoms with Crippen LogP contribution in [0.1, 0.15) is 6.92 Å². The SMILES string of the molecule is CCn1ccnc(NCC(F)(F)C(F)F)c1=O. The van der Waals surface area contributed by atoms with Crippen LogP contribution >= 0.6 is 0 Å².